The van der Waals surface area contributed by atoms with Crippen molar-refractivity contribution in [3.63, 3.8) is 0 Å². The lowest BCUT2D eigenvalue weighted by atomic mass is 10.1. The Morgan fingerprint density at radius 1 is 1.43 bits per heavy atom. The van der Waals surface area contributed by atoms with Crippen LogP contribution in [0, 0.1) is 10.1 Å². The first-order valence-corrected chi connectivity index (χ1v) is 8.03. The minimum absolute atomic E-state index is 0.0946. The molecular formula is C14H11ClN2O5S. The highest BCUT2D eigenvalue weighted by Gasteiger charge is 2.32. The smallest absolute Gasteiger partial charge is 0.321 e. The Morgan fingerprint density at radius 2 is 2.22 bits per heavy atom. The molecule has 7 nitrogen and oxygen atoms in total. The van der Waals surface area contributed by atoms with Crippen molar-refractivity contribution in [2.24, 2.45) is 0 Å². The summed E-state index contributed by atoms with van der Waals surface area (Å²) in [5.41, 5.74) is 0.448. The van der Waals surface area contributed by atoms with Gasteiger partial charge in [-0.2, -0.15) is 0 Å². The van der Waals surface area contributed by atoms with E-state index in [4.69, 9.17) is 21.1 Å². The third kappa shape index (κ3) is 3.19. The maximum Gasteiger partial charge on any atom is 0.321 e. The van der Waals surface area contributed by atoms with Crippen LogP contribution < -0.4 is 5.32 Å². The summed E-state index contributed by atoms with van der Waals surface area (Å²) < 4.78 is 5.73. The number of carboxylic acid groups (broad SMARTS) is 1. The predicted octanol–water partition coefficient (Wildman–Crippen LogP) is 3.30. The quantitative estimate of drug-likeness (QED) is 0.641. The number of halogens is 1. The molecule has 2 atom stereocenters. The van der Waals surface area contributed by atoms with E-state index in [9.17, 15) is 14.9 Å². The number of furan rings is 1. The van der Waals surface area contributed by atoms with Gasteiger partial charge >= 0.3 is 5.97 Å². The zero-order valence-corrected chi connectivity index (χ0v) is 13.1. The molecule has 0 radical (unpaired) electrons. The zero-order valence-electron chi connectivity index (χ0n) is 11.6. The fraction of sp³-hybridized carbons (Fsp3) is 0.214. The Hall–Kier alpha value is -2.03. The van der Waals surface area contributed by atoms with Gasteiger partial charge in [0.25, 0.3) is 5.69 Å². The molecule has 2 unspecified atom stereocenters. The summed E-state index contributed by atoms with van der Waals surface area (Å²) in [7, 11) is 0. The number of carbonyl (C=O) groups is 1. The molecular weight excluding hydrogens is 344 g/mol. The van der Waals surface area contributed by atoms with Crippen LogP contribution in [0.3, 0.4) is 0 Å². The van der Waals surface area contributed by atoms with Crippen LogP contribution in [0.2, 0.25) is 5.02 Å². The Labute approximate surface area is 139 Å². The summed E-state index contributed by atoms with van der Waals surface area (Å²) in [5, 5.41) is 22.6. The molecule has 1 aromatic carbocycles. The van der Waals surface area contributed by atoms with Crippen molar-refractivity contribution in [3.8, 4) is 11.3 Å². The highest BCUT2D eigenvalue weighted by Crippen LogP contribution is 2.38. The molecule has 1 aromatic heterocycles. The van der Waals surface area contributed by atoms with E-state index in [-0.39, 0.29) is 16.1 Å². The number of nitrogens with zero attached hydrogens (tertiary/aromatic N) is 1. The van der Waals surface area contributed by atoms with Gasteiger partial charge in [-0.3, -0.25) is 20.2 Å². The molecule has 1 saturated heterocycles. The molecule has 0 saturated carbocycles. The minimum atomic E-state index is -0.898. The van der Waals surface area contributed by atoms with Crippen molar-refractivity contribution in [1.29, 1.82) is 0 Å². The van der Waals surface area contributed by atoms with Crippen LogP contribution in [0.15, 0.2) is 34.7 Å². The Kier molecular flexibility index (Phi) is 4.29. The standard InChI is InChI=1S/C14H11ClN2O5S/c15-9-5-7(17(20)21)1-2-8(9)11-3-4-12(22-11)13-16-10(6-23-13)14(18)19/h1-5,10,13,16H,6H2,(H,18,19). The first-order valence-electron chi connectivity index (χ1n) is 6.60. The molecule has 1 aliphatic rings. The van der Waals surface area contributed by atoms with E-state index in [0.717, 1.165) is 0 Å². The summed E-state index contributed by atoms with van der Waals surface area (Å²) in [6, 6.07) is 6.98. The lowest BCUT2D eigenvalue weighted by Crippen LogP contribution is -2.33. The number of aliphatic carboxylic acids is 1. The molecule has 0 bridgehead atoms. The van der Waals surface area contributed by atoms with E-state index in [2.05, 4.69) is 5.32 Å². The molecule has 2 aromatic rings. The number of nitrogens with one attached hydrogen (secondary N) is 1. The van der Waals surface area contributed by atoms with Crippen LogP contribution in [0.5, 0.6) is 0 Å². The molecule has 2 heterocycles. The fourth-order valence-corrected chi connectivity index (χ4v) is 3.68. The average molecular weight is 355 g/mol. The van der Waals surface area contributed by atoms with E-state index < -0.39 is 16.9 Å². The van der Waals surface area contributed by atoms with Gasteiger partial charge in [0.2, 0.25) is 0 Å². The van der Waals surface area contributed by atoms with E-state index in [1.807, 2.05) is 0 Å². The molecule has 0 amide bonds. The Balaban J connectivity index is 1.83. The largest absolute Gasteiger partial charge is 0.480 e. The SMILES string of the molecule is O=C(O)C1CSC(c2ccc(-c3ccc([N+](=O)[O-])cc3Cl)o2)N1. The van der Waals surface area contributed by atoms with Crippen LogP contribution in [0.1, 0.15) is 11.1 Å². The lowest BCUT2D eigenvalue weighted by molar-refractivity contribution is -0.384. The topological polar surface area (TPSA) is 106 Å². The van der Waals surface area contributed by atoms with Crippen LogP contribution >= 0.6 is 23.4 Å². The normalized spacial score (nSPS) is 20.6. The number of rotatable bonds is 4. The van der Waals surface area contributed by atoms with Gasteiger partial charge in [0.1, 0.15) is 22.9 Å². The number of benzene rings is 1. The third-order valence-electron chi connectivity index (χ3n) is 3.39. The van der Waals surface area contributed by atoms with E-state index >= 15 is 0 Å². The lowest BCUT2D eigenvalue weighted by Gasteiger charge is -2.08. The summed E-state index contributed by atoms with van der Waals surface area (Å²) in [6.07, 6.45) is 0. The van der Waals surface area contributed by atoms with Crippen molar-refractivity contribution in [2.75, 3.05) is 5.75 Å². The van der Waals surface area contributed by atoms with Crippen molar-refractivity contribution in [3.05, 3.63) is 51.2 Å². The number of carboxylic acids is 1. The Morgan fingerprint density at radius 3 is 2.83 bits per heavy atom. The number of hydrogen-bond donors (Lipinski definition) is 2. The molecule has 2 N–H and O–H groups in total. The van der Waals surface area contributed by atoms with Gasteiger partial charge in [0, 0.05) is 23.4 Å². The number of nitro benzene ring substituents is 1. The highest BCUT2D eigenvalue weighted by atomic mass is 35.5. The fourth-order valence-electron chi connectivity index (χ4n) is 2.23. The number of nitro groups is 1. The van der Waals surface area contributed by atoms with Crippen molar-refractivity contribution >= 4 is 35.0 Å². The molecule has 9 heteroatoms. The summed E-state index contributed by atoms with van der Waals surface area (Å²) >= 11 is 7.52. The molecule has 120 valence electrons. The molecule has 0 spiro atoms. The first-order chi connectivity index (χ1) is 11.0. The second kappa shape index (κ2) is 6.23. The summed E-state index contributed by atoms with van der Waals surface area (Å²) in [6.45, 7) is 0. The number of non-ortho nitro benzene ring substituents is 1. The second-order valence-corrected chi connectivity index (χ2v) is 6.44. The maximum absolute atomic E-state index is 11.0. The zero-order chi connectivity index (χ0) is 16.6. The van der Waals surface area contributed by atoms with Gasteiger partial charge in [-0.15, -0.1) is 11.8 Å². The number of thioether (sulfide) groups is 1. The van der Waals surface area contributed by atoms with Crippen LogP contribution in [-0.2, 0) is 4.79 Å². The highest BCUT2D eigenvalue weighted by molar-refractivity contribution is 7.99. The minimum Gasteiger partial charge on any atom is -0.480 e. The second-order valence-electron chi connectivity index (χ2n) is 4.89. The van der Waals surface area contributed by atoms with Crippen molar-refractivity contribution < 1.29 is 19.2 Å². The molecule has 23 heavy (non-hydrogen) atoms. The summed E-state index contributed by atoms with van der Waals surface area (Å²) in [5.74, 6) is 0.614. The summed E-state index contributed by atoms with van der Waals surface area (Å²) in [4.78, 5) is 21.2. The molecule has 1 aliphatic heterocycles. The first kappa shape index (κ1) is 15.9. The third-order valence-corrected chi connectivity index (χ3v) is 4.93. The molecule has 1 fully saturated rings. The average Bonchev–Trinajstić information content (AvgIpc) is 3.16. The molecule has 0 aliphatic carbocycles. The van der Waals surface area contributed by atoms with Gasteiger partial charge in [0.05, 0.1) is 9.95 Å². The maximum atomic E-state index is 11.0. The van der Waals surface area contributed by atoms with Gasteiger partial charge in [-0.1, -0.05) is 11.6 Å². The number of hydrogen-bond acceptors (Lipinski definition) is 6. The van der Waals surface area contributed by atoms with Gasteiger partial charge in [-0.05, 0) is 18.2 Å². The molecule has 3 rings (SSSR count). The van der Waals surface area contributed by atoms with E-state index in [0.29, 0.717) is 22.8 Å². The predicted molar refractivity (Wildman–Crippen MR) is 85.6 cm³/mol. The van der Waals surface area contributed by atoms with Crippen LogP contribution in [-0.4, -0.2) is 27.8 Å². The van der Waals surface area contributed by atoms with E-state index in [1.54, 1.807) is 12.1 Å². The van der Waals surface area contributed by atoms with Crippen LogP contribution in [0.4, 0.5) is 5.69 Å². The Bertz CT molecular complexity index is 778. The van der Waals surface area contributed by atoms with E-state index in [1.165, 1.54) is 30.0 Å². The van der Waals surface area contributed by atoms with Crippen molar-refractivity contribution in [1.82, 2.24) is 5.32 Å². The van der Waals surface area contributed by atoms with Crippen LogP contribution in [0.25, 0.3) is 11.3 Å². The van der Waals surface area contributed by atoms with Gasteiger partial charge < -0.3 is 9.52 Å². The van der Waals surface area contributed by atoms with Crippen molar-refractivity contribution in [2.45, 2.75) is 11.4 Å². The van der Waals surface area contributed by atoms with Gasteiger partial charge in [0.15, 0.2) is 0 Å². The van der Waals surface area contributed by atoms with Gasteiger partial charge in [-0.25, -0.2) is 0 Å². The monoisotopic (exact) mass is 354 g/mol.